The molecule has 2 aromatic rings. The summed E-state index contributed by atoms with van der Waals surface area (Å²) >= 11 is 3.09. The number of rotatable bonds is 4. The minimum absolute atomic E-state index is 0.00318. The van der Waals surface area contributed by atoms with Crippen LogP contribution in [0.25, 0.3) is 11.1 Å². The van der Waals surface area contributed by atoms with Crippen LogP contribution in [-0.4, -0.2) is 7.05 Å². The highest BCUT2D eigenvalue weighted by Gasteiger charge is 2.15. The van der Waals surface area contributed by atoms with Crippen LogP contribution in [0.5, 0.6) is 0 Å². The molecule has 0 saturated carbocycles. The fourth-order valence-corrected chi connectivity index (χ4v) is 2.61. The van der Waals surface area contributed by atoms with Crippen molar-refractivity contribution in [1.82, 2.24) is 5.32 Å². The molecule has 0 radical (unpaired) electrons. The maximum absolute atomic E-state index is 14.0. The van der Waals surface area contributed by atoms with Crippen molar-refractivity contribution in [3.05, 3.63) is 58.1 Å². The van der Waals surface area contributed by atoms with Gasteiger partial charge < -0.3 is 5.32 Å². The van der Waals surface area contributed by atoms with Gasteiger partial charge in [0.1, 0.15) is 11.6 Å². The molecular formula is C16H16BrF2N. The van der Waals surface area contributed by atoms with Crippen molar-refractivity contribution < 1.29 is 8.78 Å². The van der Waals surface area contributed by atoms with Crippen molar-refractivity contribution in [1.29, 1.82) is 0 Å². The lowest BCUT2D eigenvalue weighted by atomic mass is 9.99. The second kappa shape index (κ2) is 6.46. The van der Waals surface area contributed by atoms with Gasteiger partial charge in [-0.05, 0) is 52.7 Å². The Bertz CT molecular complexity index is 592. The SMILES string of the molecule is CCC(NC)c1ccc(-c2c(F)ccc(Br)c2F)cc1. The van der Waals surface area contributed by atoms with Gasteiger partial charge in [-0.25, -0.2) is 8.78 Å². The Morgan fingerprint density at radius 3 is 2.30 bits per heavy atom. The molecule has 0 spiro atoms. The zero-order valence-corrected chi connectivity index (χ0v) is 13.0. The molecule has 1 atom stereocenters. The zero-order valence-electron chi connectivity index (χ0n) is 11.4. The lowest BCUT2D eigenvalue weighted by Crippen LogP contribution is -2.14. The topological polar surface area (TPSA) is 12.0 Å². The van der Waals surface area contributed by atoms with Crippen molar-refractivity contribution >= 4 is 15.9 Å². The van der Waals surface area contributed by atoms with Gasteiger partial charge in [-0.3, -0.25) is 0 Å². The van der Waals surface area contributed by atoms with E-state index in [1.165, 1.54) is 12.1 Å². The molecule has 0 heterocycles. The van der Waals surface area contributed by atoms with E-state index in [1.807, 2.05) is 19.2 Å². The van der Waals surface area contributed by atoms with Gasteiger partial charge in [0.15, 0.2) is 0 Å². The summed E-state index contributed by atoms with van der Waals surface area (Å²) in [6, 6.07) is 10.2. The van der Waals surface area contributed by atoms with Crippen LogP contribution in [0.3, 0.4) is 0 Å². The highest BCUT2D eigenvalue weighted by molar-refractivity contribution is 9.10. The number of hydrogen-bond donors (Lipinski definition) is 1. The summed E-state index contributed by atoms with van der Waals surface area (Å²) in [6.45, 7) is 2.09. The van der Waals surface area contributed by atoms with Gasteiger partial charge in [-0.1, -0.05) is 31.2 Å². The minimum Gasteiger partial charge on any atom is -0.313 e. The predicted octanol–water partition coefficient (Wildman–Crippen LogP) is 5.06. The lowest BCUT2D eigenvalue weighted by molar-refractivity contribution is 0.576. The average Bonchev–Trinajstić information content (AvgIpc) is 2.46. The van der Waals surface area contributed by atoms with Crippen molar-refractivity contribution in [2.75, 3.05) is 7.05 Å². The maximum Gasteiger partial charge on any atom is 0.148 e. The Morgan fingerprint density at radius 1 is 1.10 bits per heavy atom. The van der Waals surface area contributed by atoms with Crippen LogP contribution in [0.2, 0.25) is 0 Å². The number of hydrogen-bond acceptors (Lipinski definition) is 1. The minimum atomic E-state index is -0.571. The molecule has 0 aliphatic heterocycles. The standard InChI is InChI=1S/C16H16BrF2N/c1-3-14(20-2)10-4-6-11(7-5-10)15-13(18)9-8-12(17)16(15)19/h4-9,14,20H,3H2,1-2H3. The molecule has 4 heteroatoms. The normalized spacial score (nSPS) is 12.4. The molecule has 106 valence electrons. The van der Waals surface area contributed by atoms with E-state index in [2.05, 4.69) is 28.2 Å². The third-order valence-corrected chi connectivity index (χ3v) is 4.01. The molecule has 0 bridgehead atoms. The Labute approximate surface area is 126 Å². The Hall–Kier alpha value is -1.26. The van der Waals surface area contributed by atoms with E-state index < -0.39 is 11.6 Å². The molecular weight excluding hydrogens is 324 g/mol. The average molecular weight is 340 g/mol. The Kier molecular flexibility index (Phi) is 4.89. The second-order valence-corrected chi connectivity index (χ2v) is 5.44. The van der Waals surface area contributed by atoms with Crippen LogP contribution < -0.4 is 5.32 Å². The molecule has 0 aliphatic carbocycles. The molecule has 1 N–H and O–H groups in total. The molecule has 0 saturated heterocycles. The number of halogens is 3. The van der Waals surface area contributed by atoms with E-state index in [-0.39, 0.29) is 16.1 Å². The first-order chi connectivity index (χ1) is 9.58. The van der Waals surface area contributed by atoms with Crippen LogP contribution in [-0.2, 0) is 0 Å². The largest absolute Gasteiger partial charge is 0.313 e. The smallest absolute Gasteiger partial charge is 0.148 e. The molecule has 0 fully saturated rings. The molecule has 0 amide bonds. The third-order valence-electron chi connectivity index (χ3n) is 3.40. The van der Waals surface area contributed by atoms with E-state index in [4.69, 9.17) is 0 Å². The molecule has 1 unspecified atom stereocenters. The zero-order chi connectivity index (χ0) is 14.7. The monoisotopic (exact) mass is 339 g/mol. The van der Waals surface area contributed by atoms with Gasteiger partial charge in [0.25, 0.3) is 0 Å². The van der Waals surface area contributed by atoms with Gasteiger partial charge in [0, 0.05) is 6.04 Å². The van der Waals surface area contributed by atoms with Crippen molar-refractivity contribution in [2.24, 2.45) is 0 Å². The van der Waals surface area contributed by atoms with Gasteiger partial charge in [0.2, 0.25) is 0 Å². The van der Waals surface area contributed by atoms with Crippen molar-refractivity contribution in [3.63, 3.8) is 0 Å². The fraction of sp³-hybridized carbons (Fsp3) is 0.250. The Balaban J connectivity index is 2.43. The number of nitrogens with one attached hydrogen (secondary N) is 1. The second-order valence-electron chi connectivity index (χ2n) is 4.59. The molecule has 2 aromatic carbocycles. The molecule has 2 rings (SSSR count). The van der Waals surface area contributed by atoms with E-state index in [9.17, 15) is 8.78 Å². The van der Waals surface area contributed by atoms with Crippen LogP contribution in [0.15, 0.2) is 40.9 Å². The van der Waals surface area contributed by atoms with Gasteiger partial charge in [0.05, 0.1) is 10.0 Å². The molecule has 0 aromatic heterocycles. The first-order valence-electron chi connectivity index (χ1n) is 6.49. The first-order valence-corrected chi connectivity index (χ1v) is 7.28. The van der Waals surface area contributed by atoms with E-state index in [0.717, 1.165) is 12.0 Å². The third kappa shape index (κ3) is 2.91. The highest BCUT2D eigenvalue weighted by Crippen LogP contribution is 2.31. The highest BCUT2D eigenvalue weighted by atomic mass is 79.9. The summed E-state index contributed by atoms with van der Waals surface area (Å²) in [4.78, 5) is 0. The maximum atomic E-state index is 14.0. The summed E-state index contributed by atoms with van der Waals surface area (Å²) in [6.07, 6.45) is 0.954. The molecule has 1 nitrogen and oxygen atoms in total. The van der Waals surface area contributed by atoms with Gasteiger partial charge in [-0.2, -0.15) is 0 Å². The van der Waals surface area contributed by atoms with Gasteiger partial charge >= 0.3 is 0 Å². The fourth-order valence-electron chi connectivity index (χ4n) is 2.28. The van der Waals surface area contributed by atoms with Crippen LogP contribution >= 0.6 is 15.9 Å². The number of benzene rings is 2. The van der Waals surface area contributed by atoms with Crippen molar-refractivity contribution in [3.8, 4) is 11.1 Å². The molecule has 0 aliphatic rings. The predicted molar refractivity (Wildman–Crippen MR) is 81.6 cm³/mol. The first kappa shape index (κ1) is 15.1. The van der Waals surface area contributed by atoms with Gasteiger partial charge in [-0.15, -0.1) is 0 Å². The van der Waals surface area contributed by atoms with E-state index >= 15 is 0 Å². The summed E-state index contributed by atoms with van der Waals surface area (Å²) in [7, 11) is 1.90. The quantitative estimate of drug-likeness (QED) is 0.767. The summed E-state index contributed by atoms with van der Waals surface area (Å²) in [5.74, 6) is -1.13. The van der Waals surface area contributed by atoms with E-state index in [1.54, 1.807) is 12.1 Å². The van der Waals surface area contributed by atoms with Crippen molar-refractivity contribution in [2.45, 2.75) is 19.4 Å². The lowest BCUT2D eigenvalue weighted by Gasteiger charge is -2.15. The molecule has 20 heavy (non-hydrogen) atoms. The summed E-state index contributed by atoms with van der Waals surface area (Å²) in [5.41, 5.74) is 1.65. The summed E-state index contributed by atoms with van der Waals surface area (Å²) < 4.78 is 28.1. The van der Waals surface area contributed by atoms with Crippen LogP contribution in [0, 0.1) is 11.6 Å². The van der Waals surface area contributed by atoms with E-state index in [0.29, 0.717) is 5.56 Å². The van der Waals surface area contributed by atoms with Crippen LogP contribution in [0.4, 0.5) is 8.78 Å². The van der Waals surface area contributed by atoms with Crippen LogP contribution in [0.1, 0.15) is 24.9 Å². The Morgan fingerprint density at radius 2 is 1.75 bits per heavy atom. The summed E-state index contributed by atoms with van der Waals surface area (Å²) in [5, 5.41) is 3.20.